The van der Waals surface area contributed by atoms with Crippen LogP contribution in [0, 0.1) is 0 Å². The molecule has 0 saturated heterocycles. The van der Waals surface area contributed by atoms with Crippen molar-refractivity contribution < 1.29 is 9.84 Å². The molecule has 0 aliphatic rings. The first kappa shape index (κ1) is 20.2. The van der Waals surface area contributed by atoms with E-state index in [0.717, 1.165) is 21.2 Å². The Morgan fingerprint density at radius 1 is 1.00 bits per heavy atom. The Labute approximate surface area is 187 Å². The van der Waals surface area contributed by atoms with Crippen molar-refractivity contribution in [1.29, 1.82) is 0 Å². The summed E-state index contributed by atoms with van der Waals surface area (Å²) in [4.78, 5) is 8.49. The van der Waals surface area contributed by atoms with Crippen LogP contribution in [0.1, 0.15) is 5.56 Å². The maximum atomic E-state index is 10.7. The molecule has 3 aromatic carbocycles. The third-order valence-corrected chi connectivity index (χ3v) is 5.25. The molecule has 150 valence electrons. The van der Waals surface area contributed by atoms with Gasteiger partial charge in [0.25, 0.3) is 0 Å². The lowest BCUT2D eigenvalue weighted by Gasteiger charge is -2.13. The van der Waals surface area contributed by atoms with Crippen molar-refractivity contribution in [3.8, 4) is 33.9 Å². The Morgan fingerprint density at radius 2 is 1.80 bits per heavy atom. The molecule has 0 aliphatic heterocycles. The van der Waals surface area contributed by atoms with Gasteiger partial charge in [-0.2, -0.15) is 0 Å². The van der Waals surface area contributed by atoms with E-state index in [1.807, 2.05) is 48.5 Å². The lowest BCUT2D eigenvalue weighted by Crippen LogP contribution is -1.99. The summed E-state index contributed by atoms with van der Waals surface area (Å²) in [5.41, 5.74) is 9.52. The number of nitrogens with two attached hydrogens (primary N) is 1. The molecule has 5 nitrogen and oxygen atoms in total. The van der Waals surface area contributed by atoms with Crippen molar-refractivity contribution in [1.82, 2.24) is 9.97 Å². The second-order valence-electron chi connectivity index (χ2n) is 6.59. The second-order valence-corrected chi connectivity index (χ2v) is 7.95. The fraction of sp³-hybridized carbons (Fsp3) is 0.0435. The molecule has 30 heavy (non-hydrogen) atoms. The predicted molar refractivity (Wildman–Crippen MR) is 122 cm³/mol. The first-order valence-corrected chi connectivity index (χ1v) is 10.3. The number of phenols is 1. The highest BCUT2D eigenvalue weighted by Crippen LogP contribution is 2.37. The van der Waals surface area contributed by atoms with E-state index < -0.39 is 0 Å². The van der Waals surface area contributed by atoms with Crippen LogP contribution in [0.5, 0.6) is 11.5 Å². The van der Waals surface area contributed by atoms with E-state index in [-0.39, 0.29) is 11.7 Å². The van der Waals surface area contributed by atoms with Crippen LogP contribution in [0.2, 0.25) is 5.02 Å². The summed E-state index contributed by atoms with van der Waals surface area (Å²) < 4.78 is 6.76. The van der Waals surface area contributed by atoms with Crippen molar-refractivity contribution in [2.45, 2.75) is 6.61 Å². The molecule has 0 aliphatic carbocycles. The van der Waals surface area contributed by atoms with Gasteiger partial charge in [0.15, 0.2) is 0 Å². The van der Waals surface area contributed by atoms with E-state index in [0.29, 0.717) is 28.6 Å². The number of hydrogen-bond acceptors (Lipinski definition) is 5. The fourth-order valence-electron chi connectivity index (χ4n) is 3.04. The highest BCUT2D eigenvalue weighted by Gasteiger charge is 2.15. The van der Waals surface area contributed by atoms with Gasteiger partial charge in [0.2, 0.25) is 5.95 Å². The van der Waals surface area contributed by atoms with Crippen LogP contribution in [-0.4, -0.2) is 15.1 Å². The molecule has 1 aromatic heterocycles. The molecule has 0 atom stereocenters. The summed E-state index contributed by atoms with van der Waals surface area (Å²) in [7, 11) is 0. The molecule has 0 saturated carbocycles. The molecule has 1 heterocycles. The molecule has 0 amide bonds. The average molecular weight is 483 g/mol. The molecule has 0 unspecified atom stereocenters. The first-order chi connectivity index (χ1) is 14.5. The van der Waals surface area contributed by atoms with E-state index >= 15 is 0 Å². The molecule has 4 rings (SSSR count). The van der Waals surface area contributed by atoms with Crippen LogP contribution in [0.25, 0.3) is 22.4 Å². The highest BCUT2D eigenvalue weighted by atomic mass is 79.9. The van der Waals surface area contributed by atoms with E-state index in [1.165, 1.54) is 0 Å². The summed E-state index contributed by atoms with van der Waals surface area (Å²) in [6, 6.07) is 20.3. The minimum Gasteiger partial charge on any atom is -0.507 e. The van der Waals surface area contributed by atoms with Crippen LogP contribution in [0.3, 0.4) is 0 Å². The van der Waals surface area contributed by atoms with Gasteiger partial charge in [0.05, 0.1) is 5.69 Å². The first-order valence-electron chi connectivity index (χ1n) is 9.09. The molecular formula is C23H17BrClN3O2. The predicted octanol–water partition coefficient (Wildman–Crippen LogP) is 6.09. The molecule has 0 spiro atoms. The molecular weight excluding hydrogens is 466 g/mol. The van der Waals surface area contributed by atoms with E-state index in [2.05, 4.69) is 25.9 Å². The third kappa shape index (κ3) is 4.56. The molecule has 7 heteroatoms. The summed E-state index contributed by atoms with van der Waals surface area (Å²) in [5, 5.41) is 11.3. The number of anilines is 1. The van der Waals surface area contributed by atoms with Crippen molar-refractivity contribution in [2.24, 2.45) is 0 Å². The van der Waals surface area contributed by atoms with Crippen LogP contribution in [0.4, 0.5) is 5.95 Å². The highest BCUT2D eigenvalue weighted by molar-refractivity contribution is 9.10. The van der Waals surface area contributed by atoms with Gasteiger partial charge < -0.3 is 15.6 Å². The quantitative estimate of drug-likeness (QED) is 0.359. The van der Waals surface area contributed by atoms with Gasteiger partial charge in [-0.15, -0.1) is 0 Å². The van der Waals surface area contributed by atoms with Crippen LogP contribution in [0.15, 0.2) is 77.4 Å². The number of aromatic hydroxyl groups is 1. The zero-order valence-electron chi connectivity index (χ0n) is 15.7. The van der Waals surface area contributed by atoms with Gasteiger partial charge in [0, 0.05) is 32.9 Å². The fourth-order valence-corrected chi connectivity index (χ4v) is 3.51. The van der Waals surface area contributed by atoms with Crippen molar-refractivity contribution in [2.75, 3.05) is 5.73 Å². The summed E-state index contributed by atoms with van der Waals surface area (Å²) >= 11 is 9.44. The molecule has 3 N–H and O–H groups in total. The second kappa shape index (κ2) is 8.73. The number of nitrogen functional groups attached to an aromatic ring is 1. The number of halogens is 2. The standard InChI is InChI=1S/C23H17BrClN3O2/c24-16-6-4-15(5-7-16)20-12-27-23(26)28-22(20)19-9-8-18(11-21(19)29)30-13-14-2-1-3-17(25)10-14/h1-12,29H,13H2,(H2,26,27,28). The zero-order valence-corrected chi connectivity index (χ0v) is 18.1. The van der Waals surface area contributed by atoms with Gasteiger partial charge in [-0.3, -0.25) is 0 Å². The van der Waals surface area contributed by atoms with E-state index in [9.17, 15) is 5.11 Å². The number of hydrogen-bond donors (Lipinski definition) is 2. The Balaban J connectivity index is 1.64. The Hall–Kier alpha value is -3.09. The number of phenolic OH excluding ortho intramolecular Hbond substituents is 1. The minimum atomic E-state index is 0.0371. The van der Waals surface area contributed by atoms with Gasteiger partial charge in [-0.1, -0.05) is 51.8 Å². The number of aromatic nitrogens is 2. The number of nitrogens with zero attached hydrogens (tertiary/aromatic N) is 2. The monoisotopic (exact) mass is 481 g/mol. The maximum absolute atomic E-state index is 10.7. The Bertz CT molecular complexity index is 1200. The zero-order chi connectivity index (χ0) is 21.1. The van der Waals surface area contributed by atoms with Crippen molar-refractivity contribution in [3.05, 3.63) is 88.0 Å². The van der Waals surface area contributed by atoms with E-state index in [4.69, 9.17) is 22.1 Å². The topological polar surface area (TPSA) is 81.3 Å². The Kier molecular flexibility index (Phi) is 5.88. The number of rotatable bonds is 5. The molecule has 0 fully saturated rings. The molecule has 0 radical (unpaired) electrons. The minimum absolute atomic E-state index is 0.0371. The van der Waals surface area contributed by atoms with Crippen LogP contribution >= 0.6 is 27.5 Å². The van der Waals surface area contributed by atoms with Gasteiger partial charge >= 0.3 is 0 Å². The van der Waals surface area contributed by atoms with Gasteiger partial charge in [-0.25, -0.2) is 9.97 Å². The van der Waals surface area contributed by atoms with Crippen LogP contribution < -0.4 is 10.5 Å². The summed E-state index contributed by atoms with van der Waals surface area (Å²) in [6.07, 6.45) is 1.66. The molecule has 0 bridgehead atoms. The largest absolute Gasteiger partial charge is 0.507 e. The molecule has 4 aromatic rings. The van der Waals surface area contributed by atoms with Crippen LogP contribution in [-0.2, 0) is 6.61 Å². The maximum Gasteiger partial charge on any atom is 0.220 e. The summed E-state index contributed by atoms with van der Waals surface area (Å²) in [6.45, 7) is 0.337. The number of benzene rings is 3. The number of ether oxygens (including phenoxy) is 1. The van der Waals surface area contributed by atoms with Crippen molar-refractivity contribution >= 4 is 33.5 Å². The lowest BCUT2D eigenvalue weighted by atomic mass is 10.00. The van der Waals surface area contributed by atoms with Gasteiger partial charge in [-0.05, 0) is 47.5 Å². The lowest BCUT2D eigenvalue weighted by molar-refractivity contribution is 0.304. The normalized spacial score (nSPS) is 10.7. The van der Waals surface area contributed by atoms with Gasteiger partial charge in [0.1, 0.15) is 18.1 Å². The van der Waals surface area contributed by atoms with E-state index in [1.54, 1.807) is 24.4 Å². The third-order valence-electron chi connectivity index (χ3n) is 4.48. The van der Waals surface area contributed by atoms with Crippen molar-refractivity contribution in [3.63, 3.8) is 0 Å². The SMILES string of the molecule is Nc1ncc(-c2ccc(Br)cc2)c(-c2ccc(OCc3cccc(Cl)c3)cc2O)n1. The average Bonchev–Trinajstić information content (AvgIpc) is 2.73. The Morgan fingerprint density at radius 3 is 2.53 bits per heavy atom. The summed E-state index contributed by atoms with van der Waals surface area (Å²) in [5.74, 6) is 0.699. The smallest absolute Gasteiger partial charge is 0.220 e.